The summed E-state index contributed by atoms with van der Waals surface area (Å²) >= 11 is 0. The highest BCUT2D eigenvalue weighted by molar-refractivity contribution is 5.94. The summed E-state index contributed by atoms with van der Waals surface area (Å²) in [4.78, 5) is 23.3. The molecule has 22 heavy (non-hydrogen) atoms. The molecule has 0 fully saturated rings. The first-order valence-electron chi connectivity index (χ1n) is 7.27. The lowest BCUT2D eigenvalue weighted by Crippen LogP contribution is -2.39. The third-order valence-corrected chi connectivity index (χ3v) is 2.74. The molecule has 0 aliphatic rings. The first-order valence-corrected chi connectivity index (χ1v) is 7.27. The van der Waals surface area contributed by atoms with Crippen LogP contribution in [0.15, 0.2) is 22.7 Å². The molecule has 0 spiro atoms. The number of allylic oxidation sites excluding steroid dienone is 1. The van der Waals surface area contributed by atoms with Crippen molar-refractivity contribution in [3.8, 4) is 0 Å². The monoisotopic (exact) mass is 308 g/mol. The maximum Gasteiger partial charge on any atom is 0.330 e. The first kappa shape index (κ1) is 17.9. The fourth-order valence-corrected chi connectivity index (χ4v) is 1.72. The number of amides is 1. The van der Waals surface area contributed by atoms with Gasteiger partial charge in [0.2, 0.25) is 5.76 Å². The Labute approximate surface area is 130 Å². The minimum atomic E-state index is -1.13. The molecule has 0 aliphatic heterocycles. The van der Waals surface area contributed by atoms with Gasteiger partial charge in [-0.15, -0.1) is 0 Å². The summed E-state index contributed by atoms with van der Waals surface area (Å²) in [7, 11) is 0. The van der Waals surface area contributed by atoms with Crippen molar-refractivity contribution in [3.63, 3.8) is 0 Å². The smallest absolute Gasteiger partial charge is 0.330 e. The van der Waals surface area contributed by atoms with Crippen molar-refractivity contribution in [2.24, 2.45) is 11.3 Å². The topological polar surface area (TPSA) is 92.4 Å². The van der Waals surface area contributed by atoms with Gasteiger partial charge < -0.3 is 14.9 Å². The molecule has 2 N–H and O–H groups in total. The third kappa shape index (κ3) is 6.11. The Kier molecular flexibility index (Phi) is 5.91. The zero-order chi connectivity index (χ0) is 16.9. The maximum absolute atomic E-state index is 12.0. The SMILES string of the molecule is CC(C)Cc1cc(C(=O)NC(/C=C/C(C)(C)C)C(=O)O)on1. The van der Waals surface area contributed by atoms with Gasteiger partial charge in [-0.3, -0.25) is 4.79 Å². The van der Waals surface area contributed by atoms with Crippen molar-refractivity contribution in [2.75, 3.05) is 0 Å². The van der Waals surface area contributed by atoms with Gasteiger partial charge in [0, 0.05) is 6.07 Å². The van der Waals surface area contributed by atoms with Crippen LogP contribution in [0.3, 0.4) is 0 Å². The lowest BCUT2D eigenvalue weighted by atomic mass is 9.95. The second kappa shape index (κ2) is 7.24. The molecule has 6 heteroatoms. The molecule has 6 nitrogen and oxygen atoms in total. The molecule has 1 rings (SSSR count). The Morgan fingerprint density at radius 3 is 2.55 bits per heavy atom. The molecule has 0 bridgehead atoms. The van der Waals surface area contributed by atoms with Crippen LogP contribution in [0.2, 0.25) is 0 Å². The number of carbonyl (C=O) groups is 2. The average molecular weight is 308 g/mol. The summed E-state index contributed by atoms with van der Waals surface area (Å²) in [5, 5.41) is 15.4. The predicted molar refractivity (Wildman–Crippen MR) is 82.5 cm³/mol. The maximum atomic E-state index is 12.0. The Hall–Kier alpha value is -2.11. The van der Waals surface area contributed by atoms with Gasteiger partial charge in [-0.05, 0) is 17.8 Å². The van der Waals surface area contributed by atoms with E-state index in [0.717, 1.165) is 0 Å². The van der Waals surface area contributed by atoms with Gasteiger partial charge in [-0.25, -0.2) is 4.79 Å². The largest absolute Gasteiger partial charge is 0.479 e. The Morgan fingerprint density at radius 2 is 2.05 bits per heavy atom. The van der Waals surface area contributed by atoms with E-state index >= 15 is 0 Å². The molecule has 0 aromatic carbocycles. The van der Waals surface area contributed by atoms with Crippen LogP contribution in [0.5, 0.6) is 0 Å². The van der Waals surface area contributed by atoms with Crippen LogP contribution in [-0.2, 0) is 11.2 Å². The minimum absolute atomic E-state index is 0.0195. The van der Waals surface area contributed by atoms with Crippen molar-refractivity contribution < 1.29 is 19.2 Å². The minimum Gasteiger partial charge on any atom is -0.479 e. The number of carboxylic acid groups (broad SMARTS) is 1. The van der Waals surface area contributed by atoms with E-state index in [9.17, 15) is 14.7 Å². The highest BCUT2D eigenvalue weighted by atomic mass is 16.5. The summed E-state index contributed by atoms with van der Waals surface area (Å²) < 4.78 is 4.97. The van der Waals surface area contributed by atoms with Crippen molar-refractivity contribution in [3.05, 3.63) is 29.7 Å². The third-order valence-electron chi connectivity index (χ3n) is 2.74. The zero-order valence-electron chi connectivity index (χ0n) is 13.7. The number of rotatable bonds is 6. The molecule has 0 saturated heterocycles. The highest BCUT2D eigenvalue weighted by Gasteiger charge is 2.21. The second-order valence-electron chi connectivity index (χ2n) is 6.79. The van der Waals surface area contributed by atoms with Crippen LogP contribution in [0.25, 0.3) is 0 Å². The Bertz CT molecular complexity index is 553. The molecular weight excluding hydrogens is 284 g/mol. The predicted octanol–water partition coefficient (Wildman–Crippen LogP) is 2.66. The Balaban J connectivity index is 2.77. The molecule has 1 aromatic rings. The van der Waals surface area contributed by atoms with Gasteiger partial charge in [-0.1, -0.05) is 51.9 Å². The Morgan fingerprint density at radius 1 is 1.41 bits per heavy atom. The summed E-state index contributed by atoms with van der Waals surface area (Å²) in [5.74, 6) is -1.31. The van der Waals surface area contributed by atoms with Gasteiger partial charge in [0.25, 0.3) is 5.91 Å². The van der Waals surface area contributed by atoms with Gasteiger partial charge >= 0.3 is 5.97 Å². The lowest BCUT2D eigenvalue weighted by Gasteiger charge is -2.14. The highest BCUT2D eigenvalue weighted by Crippen LogP contribution is 2.15. The molecule has 0 saturated carbocycles. The van der Waals surface area contributed by atoms with Gasteiger partial charge in [0.05, 0.1) is 5.69 Å². The summed E-state index contributed by atoms with van der Waals surface area (Å²) in [6.45, 7) is 9.90. The van der Waals surface area contributed by atoms with Crippen LogP contribution in [0, 0.1) is 11.3 Å². The number of hydrogen-bond acceptors (Lipinski definition) is 4. The van der Waals surface area contributed by atoms with Gasteiger partial charge in [-0.2, -0.15) is 0 Å². The number of nitrogens with one attached hydrogen (secondary N) is 1. The number of aliphatic carboxylic acids is 1. The van der Waals surface area contributed by atoms with Crippen molar-refractivity contribution >= 4 is 11.9 Å². The fourth-order valence-electron chi connectivity index (χ4n) is 1.72. The molecule has 0 aliphatic carbocycles. The van der Waals surface area contributed by atoms with Crippen LogP contribution in [-0.4, -0.2) is 28.2 Å². The molecule has 1 amide bonds. The van der Waals surface area contributed by atoms with Crippen LogP contribution >= 0.6 is 0 Å². The van der Waals surface area contributed by atoms with Crippen LogP contribution in [0.4, 0.5) is 0 Å². The lowest BCUT2D eigenvalue weighted by molar-refractivity contribution is -0.137. The summed E-state index contributed by atoms with van der Waals surface area (Å²) in [6.07, 6.45) is 3.91. The molecular formula is C16H24N2O4. The van der Waals surface area contributed by atoms with E-state index in [1.807, 2.05) is 34.6 Å². The molecule has 1 heterocycles. The van der Waals surface area contributed by atoms with Crippen molar-refractivity contribution in [1.82, 2.24) is 10.5 Å². The fraction of sp³-hybridized carbons (Fsp3) is 0.562. The molecule has 1 unspecified atom stereocenters. The number of hydrogen-bond donors (Lipinski definition) is 2. The van der Waals surface area contributed by atoms with Crippen LogP contribution in [0.1, 0.15) is 50.9 Å². The van der Waals surface area contributed by atoms with Crippen molar-refractivity contribution in [1.29, 1.82) is 0 Å². The van der Waals surface area contributed by atoms with E-state index in [2.05, 4.69) is 10.5 Å². The normalized spacial score (nSPS) is 13.5. The van der Waals surface area contributed by atoms with E-state index in [4.69, 9.17) is 4.52 Å². The standard InChI is InChI=1S/C16H24N2O4/c1-10(2)8-11-9-13(22-18-11)14(19)17-12(15(20)21)6-7-16(3,4)5/h6-7,9-10,12H,8H2,1-5H3,(H,17,19)(H,20,21)/b7-6+. The molecule has 122 valence electrons. The number of nitrogens with zero attached hydrogens (tertiary/aromatic N) is 1. The summed E-state index contributed by atoms with van der Waals surface area (Å²) in [5.41, 5.74) is 0.506. The van der Waals surface area contributed by atoms with E-state index < -0.39 is 17.9 Å². The van der Waals surface area contributed by atoms with E-state index in [0.29, 0.717) is 18.0 Å². The molecule has 0 radical (unpaired) electrons. The number of carboxylic acids is 1. The van der Waals surface area contributed by atoms with E-state index in [-0.39, 0.29) is 11.2 Å². The second-order valence-corrected chi connectivity index (χ2v) is 6.79. The molecule has 1 atom stereocenters. The number of aromatic nitrogens is 1. The summed E-state index contributed by atoms with van der Waals surface area (Å²) in [6, 6.07) is 0.437. The van der Waals surface area contributed by atoms with E-state index in [1.54, 1.807) is 12.1 Å². The average Bonchev–Trinajstić information content (AvgIpc) is 2.80. The van der Waals surface area contributed by atoms with Gasteiger partial charge in [0.15, 0.2) is 0 Å². The number of carbonyl (C=O) groups excluding carboxylic acids is 1. The molecule has 1 aromatic heterocycles. The van der Waals surface area contributed by atoms with E-state index in [1.165, 1.54) is 6.08 Å². The zero-order valence-corrected chi connectivity index (χ0v) is 13.7. The first-order chi connectivity index (χ1) is 10.1. The van der Waals surface area contributed by atoms with Crippen molar-refractivity contribution in [2.45, 2.75) is 47.1 Å². The quantitative estimate of drug-likeness (QED) is 0.788. The van der Waals surface area contributed by atoms with Crippen LogP contribution < -0.4 is 5.32 Å². The van der Waals surface area contributed by atoms with Gasteiger partial charge in [0.1, 0.15) is 6.04 Å².